The van der Waals surface area contributed by atoms with Crippen LogP contribution >= 0.6 is 23.2 Å². The smallest absolute Gasteiger partial charge is 0.126 e. The average Bonchev–Trinajstić information content (AvgIpc) is 2.44. The normalized spacial score (nSPS) is 12.4. The molecule has 0 spiro atoms. The second-order valence-corrected chi connectivity index (χ2v) is 5.71. The van der Waals surface area contributed by atoms with Crippen LogP contribution in [0.1, 0.15) is 11.1 Å². The van der Waals surface area contributed by atoms with E-state index in [0.717, 1.165) is 5.56 Å². The highest BCUT2D eigenvalue weighted by Gasteiger charge is 2.14. The van der Waals surface area contributed by atoms with E-state index in [1.54, 1.807) is 19.2 Å². The Morgan fingerprint density at radius 3 is 2.38 bits per heavy atom. The first kappa shape index (κ1) is 16.2. The number of benzene rings is 2. The first-order chi connectivity index (χ1) is 9.99. The predicted molar refractivity (Wildman–Crippen MR) is 83.1 cm³/mol. The van der Waals surface area contributed by atoms with E-state index in [9.17, 15) is 8.78 Å². The molecule has 1 atom stereocenters. The molecule has 0 heterocycles. The molecule has 2 rings (SSSR count). The average molecular weight is 330 g/mol. The summed E-state index contributed by atoms with van der Waals surface area (Å²) in [5, 5.41) is 4.00. The molecule has 0 bridgehead atoms. The Labute approximate surface area is 132 Å². The molecule has 0 amide bonds. The van der Waals surface area contributed by atoms with Gasteiger partial charge in [0.1, 0.15) is 11.6 Å². The van der Waals surface area contributed by atoms with Crippen molar-refractivity contribution in [2.75, 3.05) is 7.05 Å². The zero-order valence-electron chi connectivity index (χ0n) is 11.5. The molecule has 112 valence electrons. The topological polar surface area (TPSA) is 12.0 Å². The molecule has 1 nitrogen and oxygen atoms in total. The first-order valence-corrected chi connectivity index (χ1v) is 7.30. The van der Waals surface area contributed by atoms with Crippen molar-refractivity contribution >= 4 is 23.2 Å². The van der Waals surface area contributed by atoms with Gasteiger partial charge in [-0.15, -0.1) is 0 Å². The van der Waals surface area contributed by atoms with Crippen molar-refractivity contribution < 1.29 is 8.78 Å². The van der Waals surface area contributed by atoms with Crippen LogP contribution in [0.5, 0.6) is 0 Å². The fourth-order valence-electron chi connectivity index (χ4n) is 2.19. The van der Waals surface area contributed by atoms with Crippen molar-refractivity contribution in [2.24, 2.45) is 0 Å². The zero-order chi connectivity index (χ0) is 15.4. The summed E-state index contributed by atoms with van der Waals surface area (Å²) in [6.45, 7) is 0. The second-order valence-electron chi connectivity index (χ2n) is 4.87. The fourth-order valence-corrected chi connectivity index (χ4v) is 2.63. The van der Waals surface area contributed by atoms with Gasteiger partial charge in [0.25, 0.3) is 0 Å². The molecule has 0 aliphatic heterocycles. The van der Waals surface area contributed by atoms with Gasteiger partial charge in [-0.1, -0.05) is 29.3 Å². The van der Waals surface area contributed by atoms with Gasteiger partial charge in [-0.05, 0) is 61.3 Å². The third-order valence-electron chi connectivity index (χ3n) is 3.36. The highest BCUT2D eigenvalue weighted by atomic mass is 35.5. The molecule has 0 aliphatic carbocycles. The van der Waals surface area contributed by atoms with Crippen LogP contribution in [0.15, 0.2) is 36.4 Å². The van der Waals surface area contributed by atoms with Crippen LogP contribution in [0.25, 0.3) is 0 Å². The fraction of sp³-hybridized carbons (Fsp3) is 0.250. The molecule has 2 aromatic rings. The molecule has 5 heteroatoms. The predicted octanol–water partition coefficient (Wildman–Crippen LogP) is 4.64. The third-order valence-corrected chi connectivity index (χ3v) is 3.95. The Hall–Kier alpha value is -1.16. The molecular formula is C16H15Cl2F2N. The standard InChI is InChI=1S/C16H15Cl2F2N/c1-21-14(7-10-2-4-13(19)9-15(10)18)8-11-6-12(17)3-5-16(11)20/h2-6,9,14,21H,7-8H2,1H3. The lowest BCUT2D eigenvalue weighted by molar-refractivity contribution is 0.531. The molecule has 0 radical (unpaired) electrons. The quantitative estimate of drug-likeness (QED) is 0.842. The van der Waals surface area contributed by atoms with Gasteiger partial charge in [0.2, 0.25) is 0 Å². The number of hydrogen-bond donors (Lipinski definition) is 1. The maximum atomic E-state index is 13.8. The molecule has 21 heavy (non-hydrogen) atoms. The van der Waals surface area contributed by atoms with Crippen LogP contribution in [0.4, 0.5) is 8.78 Å². The van der Waals surface area contributed by atoms with Gasteiger partial charge in [0, 0.05) is 16.1 Å². The summed E-state index contributed by atoms with van der Waals surface area (Å²) < 4.78 is 26.8. The lowest BCUT2D eigenvalue weighted by Crippen LogP contribution is -2.30. The summed E-state index contributed by atoms with van der Waals surface area (Å²) in [5.41, 5.74) is 1.36. The van der Waals surface area contributed by atoms with Gasteiger partial charge in [-0.25, -0.2) is 8.78 Å². The van der Waals surface area contributed by atoms with Crippen molar-refractivity contribution in [2.45, 2.75) is 18.9 Å². The summed E-state index contributed by atoms with van der Waals surface area (Å²) in [7, 11) is 1.80. The van der Waals surface area contributed by atoms with Crippen LogP contribution in [0.3, 0.4) is 0 Å². The van der Waals surface area contributed by atoms with Crippen molar-refractivity contribution in [1.82, 2.24) is 5.32 Å². The Morgan fingerprint density at radius 1 is 1.00 bits per heavy atom. The summed E-state index contributed by atoms with van der Waals surface area (Å²) in [6.07, 6.45) is 1.04. The minimum atomic E-state index is -0.370. The Morgan fingerprint density at radius 2 is 1.71 bits per heavy atom. The van der Waals surface area contributed by atoms with Gasteiger partial charge < -0.3 is 5.32 Å². The number of likely N-dealkylation sites (N-methyl/N-ethyl adjacent to an activating group) is 1. The second kappa shape index (κ2) is 7.21. The summed E-state index contributed by atoms with van der Waals surface area (Å²) >= 11 is 11.9. The van der Waals surface area contributed by atoms with Crippen molar-refractivity contribution in [3.8, 4) is 0 Å². The maximum absolute atomic E-state index is 13.8. The molecule has 0 aliphatic rings. The van der Waals surface area contributed by atoms with Crippen LogP contribution in [-0.4, -0.2) is 13.1 Å². The van der Waals surface area contributed by atoms with E-state index in [1.807, 2.05) is 0 Å². The molecule has 0 aromatic heterocycles. The summed E-state index contributed by atoms with van der Waals surface area (Å²) in [6, 6.07) is 8.77. The SMILES string of the molecule is CNC(Cc1cc(Cl)ccc1F)Cc1ccc(F)cc1Cl. The van der Waals surface area contributed by atoms with E-state index in [0.29, 0.717) is 28.5 Å². The number of hydrogen-bond acceptors (Lipinski definition) is 1. The first-order valence-electron chi connectivity index (χ1n) is 6.54. The molecule has 0 fully saturated rings. The van der Waals surface area contributed by atoms with E-state index in [4.69, 9.17) is 23.2 Å². The van der Waals surface area contributed by atoms with Gasteiger partial charge in [-0.3, -0.25) is 0 Å². The molecule has 0 saturated carbocycles. The van der Waals surface area contributed by atoms with E-state index in [1.165, 1.54) is 24.3 Å². The minimum absolute atomic E-state index is 0.0269. The van der Waals surface area contributed by atoms with Crippen molar-refractivity contribution in [3.63, 3.8) is 0 Å². The highest BCUT2D eigenvalue weighted by Crippen LogP contribution is 2.21. The number of halogens is 4. The Kier molecular flexibility index (Phi) is 5.57. The van der Waals surface area contributed by atoms with Crippen LogP contribution in [-0.2, 0) is 12.8 Å². The van der Waals surface area contributed by atoms with Gasteiger partial charge in [-0.2, -0.15) is 0 Å². The summed E-state index contributed by atoms with van der Waals surface area (Å²) in [4.78, 5) is 0. The van der Waals surface area contributed by atoms with Gasteiger partial charge >= 0.3 is 0 Å². The molecular weight excluding hydrogens is 315 g/mol. The minimum Gasteiger partial charge on any atom is -0.316 e. The van der Waals surface area contributed by atoms with E-state index in [-0.39, 0.29) is 17.7 Å². The van der Waals surface area contributed by atoms with E-state index in [2.05, 4.69) is 5.32 Å². The number of rotatable bonds is 5. The van der Waals surface area contributed by atoms with Crippen LogP contribution < -0.4 is 5.32 Å². The van der Waals surface area contributed by atoms with E-state index >= 15 is 0 Å². The zero-order valence-corrected chi connectivity index (χ0v) is 13.0. The lowest BCUT2D eigenvalue weighted by atomic mass is 9.98. The third kappa shape index (κ3) is 4.40. The van der Waals surface area contributed by atoms with E-state index < -0.39 is 0 Å². The molecule has 1 unspecified atom stereocenters. The molecule has 0 saturated heterocycles. The highest BCUT2D eigenvalue weighted by molar-refractivity contribution is 6.31. The Balaban J connectivity index is 2.14. The maximum Gasteiger partial charge on any atom is 0.126 e. The Bertz CT molecular complexity index is 632. The summed E-state index contributed by atoms with van der Waals surface area (Å²) in [5.74, 6) is -0.657. The number of nitrogens with one attached hydrogen (secondary N) is 1. The molecule has 2 aromatic carbocycles. The largest absolute Gasteiger partial charge is 0.316 e. The monoisotopic (exact) mass is 329 g/mol. The van der Waals surface area contributed by atoms with Crippen molar-refractivity contribution in [1.29, 1.82) is 0 Å². The van der Waals surface area contributed by atoms with Crippen LogP contribution in [0.2, 0.25) is 10.0 Å². The van der Waals surface area contributed by atoms with Crippen molar-refractivity contribution in [3.05, 3.63) is 69.2 Å². The lowest BCUT2D eigenvalue weighted by Gasteiger charge is -2.18. The van der Waals surface area contributed by atoms with Gasteiger partial charge in [0.15, 0.2) is 0 Å². The van der Waals surface area contributed by atoms with Gasteiger partial charge in [0.05, 0.1) is 0 Å². The van der Waals surface area contributed by atoms with Crippen LogP contribution in [0, 0.1) is 11.6 Å². The molecule has 1 N–H and O–H groups in total.